The third-order valence-electron chi connectivity index (χ3n) is 3.47. The van der Waals surface area contributed by atoms with Crippen LogP contribution in [0.1, 0.15) is 31.7 Å². The predicted octanol–water partition coefficient (Wildman–Crippen LogP) is 3.50. The van der Waals surface area contributed by atoms with Crippen molar-refractivity contribution in [3.8, 4) is 0 Å². The van der Waals surface area contributed by atoms with Crippen LogP contribution in [0.4, 0.5) is 5.69 Å². The molecule has 0 spiro atoms. The highest BCUT2D eigenvalue weighted by Crippen LogP contribution is 2.39. The fourth-order valence-electron chi connectivity index (χ4n) is 2.48. The van der Waals surface area contributed by atoms with E-state index in [0.29, 0.717) is 10.1 Å². The van der Waals surface area contributed by atoms with E-state index in [-0.39, 0.29) is 16.8 Å². The Morgan fingerprint density at radius 2 is 2.14 bits per heavy atom. The Balaban J connectivity index is 1.93. The van der Waals surface area contributed by atoms with Crippen LogP contribution in [0.5, 0.6) is 0 Å². The van der Waals surface area contributed by atoms with E-state index in [9.17, 15) is 10.1 Å². The van der Waals surface area contributed by atoms with Crippen LogP contribution in [0.3, 0.4) is 0 Å². The smallest absolute Gasteiger partial charge is 0.258 e. The molecule has 0 unspecified atom stereocenters. The average Bonchev–Trinajstić information content (AvgIpc) is 3.08. The summed E-state index contributed by atoms with van der Waals surface area (Å²) in [6, 6.07) is 5.12. The average molecular weight is 326 g/mol. The van der Waals surface area contributed by atoms with Gasteiger partial charge in [0.25, 0.3) is 0 Å². The molecule has 1 aliphatic carbocycles. The van der Waals surface area contributed by atoms with Gasteiger partial charge in [0, 0.05) is 0 Å². The number of nitrogens with zero attached hydrogens (tertiary/aromatic N) is 5. The Hall–Kier alpha value is -1.67. The largest absolute Gasteiger partial charge is 0.301 e. The molecule has 9 heteroatoms. The number of tetrazole rings is 1. The van der Waals surface area contributed by atoms with Gasteiger partial charge in [-0.1, -0.05) is 30.5 Å². The number of rotatable bonds is 4. The summed E-state index contributed by atoms with van der Waals surface area (Å²) in [5.74, 6) is 0. The fraction of sp³-hybridized carbons (Fsp3) is 0.417. The number of hydrogen-bond acceptors (Lipinski definition) is 6. The van der Waals surface area contributed by atoms with Gasteiger partial charge in [-0.3, -0.25) is 10.1 Å². The molecule has 110 valence electrons. The molecule has 0 N–H and O–H groups in total. The van der Waals surface area contributed by atoms with Gasteiger partial charge in [0.15, 0.2) is 0 Å². The summed E-state index contributed by atoms with van der Waals surface area (Å²) in [5, 5.41) is 23.5. The summed E-state index contributed by atoms with van der Waals surface area (Å²) in [4.78, 5) is 11.1. The Bertz CT molecular complexity index is 671. The molecule has 0 radical (unpaired) electrons. The molecule has 0 atom stereocenters. The van der Waals surface area contributed by atoms with Crippen molar-refractivity contribution in [1.82, 2.24) is 20.2 Å². The number of benzene rings is 1. The number of hydrogen-bond donors (Lipinski definition) is 0. The van der Waals surface area contributed by atoms with E-state index in [4.69, 9.17) is 11.6 Å². The van der Waals surface area contributed by atoms with Crippen molar-refractivity contribution in [3.05, 3.63) is 33.3 Å². The monoisotopic (exact) mass is 325 g/mol. The number of aromatic nitrogens is 4. The zero-order valence-electron chi connectivity index (χ0n) is 11.0. The van der Waals surface area contributed by atoms with Crippen molar-refractivity contribution in [2.75, 3.05) is 0 Å². The summed E-state index contributed by atoms with van der Waals surface area (Å²) in [5.41, 5.74) is -0.106. The van der Waals surface area contributed by atoms with Gasteiger partial charge >= 0.3 is 5.69 Å². The molecule has 1 heterocycles. The lowest BCUT2D eigenvalue weighted by atomic mass is 10.3. The number of para-hydroxylation sites is 1. The van der Waals surface area contributed by atoms with Crippen LogP contribution in [0, 0.1) is 10.1 Å². The van der Waals surface area contributed by atoms with Gasteiger partial charge in [-0.25, -0.2) is 4.68 Å². The molecule has 0 bridgehead atoms. The quantitative estimate of drug-likeness (QED) is 0.631. The van der Waals surface area contributed by atoms with Gasteiger partial charge < -0.3 is 0 Å². The second-order valence-electron chi connectivity index (χ2n) is 4.79. The zero-order chi connectivity index (χ0) is 14.8. The highest BCUT2D eigenvalue weighted by Gasteiger charge is 2.25. The molecule has 1 aromatic carbocycles. The summed E-state index contributed by atoms with van der Waals surface area (Å²) in [7, 11) is 0. The fourth-order valence-corrected chi connectivity index (χ4v) is 3.76. The lowest BCUT2D eigenvalue weighted by Gasteiger charge is -2.10. The molecule has 0 saturated heterocycles. The number of nitro benzene ring substituents is 1. The van der Waals surface area contributed by atoms with E-state index in [2.05, 4.69) is 15.5 Å². The van der Waals surface area contributed by atoms with Crippen LogP contribution >= 0.6 is 23.4 Å². The first-order valence-electron chi connectivity index (χ1n) is 6.55. The Labute approximate surface area is 129 Å². The van der Waals surface area contributed by atoms with E-state index in [0.717, 1.165) is 25.7 Å². The van der Waals surface area contributed by atoms with Crippen molar-refractivity contribution < 1.29 is 4.92 Å². The Morgan fingerprint density at radius 1 is 1.38 bits per heavy atom. The van der Waals surface area contributed by atoms with E-state index in [1.54, 1.807) is 16.8 Å². The standard InChI is InChI=1S/C12H12ClN5O2S/c13-9-6-3-7-10(11(9)18(19)20)21-12-14-15-16-17(12)8-4-1-2-5-8/h3,6-8H,1-2,4-5H2. The zero-order valence-corrected chi connectivity index (χ0v) is 12.5. The maximum absolute atomic E-state index is 11.2. The third kappa shape index (κ3) is 2.86. The molecule has 21 heavy (non-hydrogen) atoms. The van der Waals surface area contributed by atoms with Crippen molar-refractivity contribution in [2.24, 2.45) is 0 Å². The summed E-state index contributed by atoms with van der Waals surface area (Å²) in [6.45, 7) is 0. The van der Waals surface area contributed by atoms with Crippen LogP contribution in [0.2, 0.25) is 5.02 Å². The minimum atomic E-state index is -0.478. The molecule has 1 aliphatic rings. The molecule has 7 nitrogen and oxygen atoms in total. The SMILES string of the molecule is O=[N+]([O-])c1c(Cl)cccc1Sc1nnnn1C1CCCC1. The second-order valence-corrected chi connectivity index (χ2v) is 6.21. The first-order valence-corrected chi connectivity index (χ1v) is 7.75. The number of nitro groups is 1. The van der Waals surface area contributed by atoms with Gasteiger partial charge in [-0.05, 0) is 47.2 Å². The van der Waals surface area contributed by atoms with E-state index in [1.165, 1.54) is 17.8 Å². The number of halogens is 1. The molecule has 1 aromatic heterocycles. The molecular formula is C12H12ClN5O2S. The first kappa shape index (κ1) is 14.3. The van der Waals surface area contributed by atoms with Crippen LogP contribution < -0.4 is 0 Å². The van der Waals surface area contributed by atoms with E-state index < -0.39 is 4.92 Å². The molecule has 2 aromatic rings. The van der Waals surface area contributed by atoms with Crippen molar-refractivity contribution in [1.29, 1.82) is 0 Å². The van der Waals surface area contributed by atoms with Crippen molar-refractivity contribution >= 4 is 29.1 Å². The molecule has 1 fully saturated rings. The Kier molecular flexibility index (Phi) is 4.07. The molecule has 1 saturated carbocycles. The van der Waals surface area contributed by atoms with Gasteiger partial charge in [0.2, 0.25) is 5.16 Å². The Morgan fingerprint density at radius 3 is 2.86 bits per heavy atom. The highest BCUT2D eigenvalue weighted by atomic mass is 35.5. The van der Waals surface area contributed by atoms with Gasteiger partial charge in [0.1, 0.15) is 5.02 Å². The van der Waals surface area contributed by atoms with Crippen LogP contribution in [0.15, 0.2) is 28.3 Å². The van der Waals surface area contributed by atoms with E-state index >= 15 is 0 Å². The molecule has 0 aliphatic heterocycles. The topological polar surface area (TPSA) is 86.7 Å². The van der Waals surface area contributed by atoms with Crippen molar-refractivity contribution in [3.63, 3.8) is 0 Å². The normalized spacial score (nSPS) is 15.5. The van der Waals surface area contributed by atoms with E-state index in [1.807, 2.05) is 0 Å². The third-order valence-corrected chi connectivity index (χ3v) is 4.77. The maximum atomic E-state index is 11.2. The van der Waals surface area contributed by atoms with Crippen LogP contribution in [-0.4, -0.2) is 25.1 Å². The minimum absolute atomic E-state index is 0.106. The second kappa shape index (κ2) is 5.98. The predicted molar refractivity (Wildman–Crippen MR) is 77.6 cm³/mol. The maximum Gasteiger partial charge on any atom is 0.301 e. The van der Waals surface area contributed by atoms with Gasteiger partial charge in [-0.15, -0.1) is 5.10 Å². The summed E-state index contributed by atoms with van der Waals surface area (Å²) in [6.07, 6.45) is 4.39. The summed E-state index contributed by atoms with van der Waals surface area (Å²) < 4.78 is 1.77. The highest BCUT2D eigenvalue weighted by molar-refractivity contribution is 7.99. The van der Waals surface area contributed by atoms with Crippen molar-refractivity contribution in [2.45, 2.75) is 41.8 Å². The molecule has 3 rings (SSSR count). The summed E-state index contributed by atoms with van der Waals surface area (Å²) >= 11 is 7.10. The first-order chi connectivity index (χ1) is 10.2. The van der Waals surface area contributed by atoms with Gasteiger partial charge in [0.05, 0.1) is 15.9 Å². The molecular weight excluding hydrogens is 314 g/mol. The molecule has 0 amide bonds. The van der Waals surface area contributed by atoms with Crippen LogP contribution in [0.25, 0.3) is 0 Å². The van der Waals surface area contributed by atoms with Crippen LogP contribution in [-0.2, 0) is 0 Å². The lowest BCUT2D eigenvalue weighted by molar-refractivity contribution is -0.387. The van der Waals surface area contributed by atoms with Gasteiger partial charge in [-0.2, -0.15) is 0 Å². The minimum Gasteiger partial charge on any atom is -0.258 e. The lowest BCUT2D eigenvalue weighted by Crippen LogP contribution is -2.08.